The number of aryl methyl sites for hydroxylation is 2. The van der Waals surface area contributed by atoms with Crippen LogP contribution in [0.25, 0.3) is 11.1 Å². The third-order valence-corrected chi connectivity index (χ3v) is 5.59. The van der Waals surface area contributed by atoms with Crippen molar-refractivity contribution in [1.29, 1.82) is 0 Å². The minimum Gasteiger partial charge on any atom is -0.505 e. The van der Waals surface area contributed by atoms with E-state index in [4.69, 9.17) is 0 Å². The summed E-state index contributed by atoms with van der Waals surface area (Å²) in [7, 11) is 0. The van der Waals surface area contributed by atoms with Gasteiger partial charge in [0.2, 0.25) is 0 Å². The third kappa shape index (κ3) is 4.27. The molecule has 1 atom stereocenters. The van der Waals surface area contributed by atoms with E-state index in [1.807, 2.05) is 26.0 Å². The summed E-state index contributed by atoms with van der Waals surface area (Å²) in [6, 6.07) is 12.3. The number of azo groups is 1. The summed E-state index contributed by atoms with van der Waals surface area (Å²) in [4.78, 5) is 24.2. The Hall–Kier alpha value is -4.40. The predicted octanol–water partition coefficient (Wildman–Crippen LogP) is 5.39. The summed E-state index contributed by atoms with van der Waals surface area (Å²) in [5.74, 6) is -2.67. The number of anilines is 1. The van der Waals surface area contributed by atoms with Gasteiger partial charge >= 0.3 is 5.97 Å². The molecule has 34 heavy (non-hydrogen) atoms. The molecule has 3 aromatic rings. The van der Waals surface area contributed by atoms with Crippen LogP contribution in [-0.2, 0) is 4.79 Å². The second-order valence-electron chi connectivity index (χ2n) is 7.99. The summed E-state index contributed by atoms with van der Waals surface area (Å²) >= 11 is 0. The smallest absolute Gasteiger partial charge is 0.335 e. The fraction of sp³-hybridized carbons (Fsp3) is 0.160. The second-order valence-corrected chi connectivity index (χ2v) is 7.99. The van der Waals surface area contributed by atoms with Gasteiger partial charge in [-0.2, -0.15) is 20.3 Å². The molecule has 1 aliphatic rings. The zero-order valence-electron chi connectivity index (χ0n) is 18.7. The van der Waals surface area contributed by atoms with Crippen molar-refractivity contribution in [1.82, 2.24) is 0 Å². The van der Waals surface area contributed by atoms with E-state index >= 15 is 0 Å². The summed E-state index contributed by atoms with van der Waals surface area (Å²) in [6.07, 6.45) is 0. The van der Waals surface area contributed by atoms with Crippen molar-refractivity contribution in [2.75, 3.05) is 5.01 Å². The fourth-order valence-corrected chi connectivity index (χ4v) is 3.55. The lowest BCUT2D eigenvalue weighted by atomic mass is 10.0. The number of nitrogens with zero attached hydrogens (tertiary/aromatic N) is 4. The topological polar surface area (TPSA) is 115 Å². The standard InChI is InChI=1S/C25H21FN4O4/c1-13-7-8-19(9-14(13)2)30-24(32)22(15(3)29-30)28-27-21-12-18(26)11-20(23(21)31)16-5-4-6-17(10-16)25(33)34/h4-12,22,31H,1-3H3,(H,33,34). The number of amides is 1. The second kappa shape index (κ2) is 8.86. The van der Waals surface area contributed by atoms with E-state index in [0.29, 0.717) is 17.0 Å². The van der Waals surface area contributed by atoms with Gasteiger partial charge in [-0.15, -0.1) is 0 Å². The molecule has 0 bridgehead atoms. The molecule has 0 aromatic heterocycles. The average molecular weight is 460 g/mol. The molecule has 0 saturated heterocycles. The highest BCUT2D eigenvalue weighted by Gasteiger charge is 2.35. The number of aromatic hydroxyl groups is 1. The van der Waals surface area contributed by atoms with Crippen molar-refractivity contribution in [3.63, 3.8) is 0 Å². The van der Waals surface area contributed by atoms with Gasteiger partial charge < -0.3 is 10.2 Å². The SMILES string of the molecule is CC1=NN(c2ccc(C)c(C)c2)C(=O)C1N=Nc1cc(F)cc(-c2cccc(C(=O)O)c2)c1O. The number of hydrogen-bond acceptors (Lipinski definition) is 6. The van der Waals surface area contributed by atoms with Crippen molar-refractivity contribution in [3.05, 3.63) is 77.1 Å². The number of halogens is 1. The van der Waals surface area contributed by atoms with Crippen LogP contribution in [0.3, 0.4) is 0 Å². The van der Waals surface area contributed by atoms with E-state index in [0.717, 1.165) is 23.3 Å². The molecule has 3 aromatic carbocycles. The number of carbonyl (C=O) groups is 2. The van der Waals surface area contributed by atoms with Crippen molar-refractivity contribution in [3.8, 4) is 16.9 Å². The maximum absolute atomic E-state index is 14.3. The Kier molecular flexibility index (Phi) is 5.93. The normalized spacial score (nSPS) is 15.8. The summed E-state index contributed by atoms with van der Waals surface area (Å²) in [5, 5.41) is 33.4. The van der Waals surface area contributed by atoms with Crippen molar-refractivity contribution in [2.24, 2.45) is 15.3 Å². The molecule has 0 aliphatic carbocycles. The molecule has 1 heterocycles. The van der Waals surface area contributed by atoms with Gasteiger partial charge in [0.25, 0.3) is 5.91 Å². The monoisotopic (exact) mass is 460 g/mol. The quantitative estimate of drug-likeness (QED) is 0.497. The molecule has 172 valence electrons. The number of aromatic carboxylic acids is 1. The number of phenols is 1. The first kappa shape index (κ1) is 22.8. The van der Waals surface area contributed by atoms with Gasteiger partial charge in [0.1, 0.15) is 11.5 Å². The highest BCUT2D eigenvalue weighted by atomic mass is 19.1. The highest BCUT2D eigenvalue weighted by Crippen LogP contribution is 2.39. The minimum absolute atomic E-state index is 0.0147. The van der Waals surface area contributed by atoms with Crippen LogP contribution < -0.4 is 5.01 Å². The Bertz CT molecular complexity index is 1380. The molecule has 2 N–H and O–H groups in total. The zero-order chi connectivity index (χ0) is 24.6. The number of rotatable bonds is 5. The number of hydrogen-bond donors (Lipinski definition) is 2. The summed E-state index contributed by atoms with van der Waals surface area (Å²) in [5.41, 5.74) is 3.23. The number of phenolic OH excluding ortho intramolecular Hbond substituents is 1. The first-order chi connectivity index (χ1) is 16.2. The Morgan fingerprint density at radius 2 is 1.82 bits per heavy atom. The zero-order valence-corrected chi connectivity index (χ0v) is 18.7. The maximum Gasteiger partial charge on any atom is 0.335 e. The molecule has 4 rings (SSSR count). The lowest BCUT2D eigenvalue weighted by molar-refractivity contribution is -0.117. The molecule has 0 saturated carbocycles. The third-order valence-electron chi connectivity index (χ3n) is 5.59. The lowest BCUT2D eigenvalue weighted by Gasteiger charge is -2.14. The number of carboxylic acid groups (broad SMARTS) is 1. The van der Waals surface area contributed by atoms with E-state index in [9.17, 15) is 24.2 Å². The van der Waals surface area contributed by atoms with Crippen LogP contribution >= 0.6 is 0 Å². The maximum atomic E-state index is 14.3. The largest absolute Gasteiger partial charge is 0.505 e. The number of carbonyl (C=O) groups excluding carboxylic acids is 1. The summed E-state index contributed by atoms with van der Waals surface area (Å²) in [6.45, 7) is 5.54. The number of carboxylic acids is 1. The van der Waals surface area contributed by atoms with E-state index in [1.165, 1.54) is 23.2 Å². The van der Waals surface area contributed by atoms with Crippen LogP contribution in [0.1, 0.15) is 28.4 Å². The Morgan fingerprint density at radius 1 is 1.06 bits per heavy atom. The van der Waals surface area contributed by atoms with Crippen LogP contribution in [0.2, 0.25) is 0 Å². The van der Waals surface area contributed by atoms with Crippen LogP contribution in [0, 0.1) is 19.7 Å². The summed E-state index contributed by atoms with van der Waals surface area (Å²) < 4.78 is 14.3. The molecule has 1 unspecified atom stereocenters. The predicted molar refractivity (Wildman–Crippen MR) is 125 cm³/mol. The number of hydrazone groups is 1. The molecule has 1 amide bonds. The van der Waals surface area contributed by atoms with Gasteiger partial charge in [0.05, 0.1) is 17.0 Å². The van der Waals surface area contributed by atoms with E-state index in [-0.39, 0.29) is 16.8 Å². The molecule has 9 heteroatoms. The van der Waals surface area contributed by atoms with Gasteiger partial charge in [0.15, 0.2) is 11.8 Å². The first-order valence-electron chi connectivity index (χ1n) is 10.4. The van der Waals surface area contributed by atoms with Gasteiger partial charge in [-0.3, -0.25) is 4.79 Å². The van der Waals surface area contributed by atoms with Gasteiger partial charge in [-0.1, -0.05) is 18.2 Å². The Labute approximate surface area is 194 Å². The molecule has 0 radical (unpaired) electrons. The average Bonchev–Trinajstić information content (AvgIpc) is 3.09. The van der Waals surface area contributed by atoms with Crippen LogP contribution in [0.5, 0.6) is 5.75 Å². The minimum atomic E-state index is -1.15. The molecule has 0 fully saturated rings. The van der Waals surface area contributed by atoms with Crippen LogP contribution in [0.15, 0.2) is 69.9 Å². The van der Waals surface area contributed by atoms with E-state index in [2.05, 4.69) is 15.3 Å². The Balaban J connectivity index is 1.65. The van der Waals surface area contributed by atoms with Crippen molar-refractivity contribution < 1.29 is 24.2 Å². The molecular weight excluding hydrogens is 439 g/mol. The van der Waals surface area contributed by atoms with Crippen LogP contribution in [-0.4, -0.2) is 33.8 Å². The number of benzene rings is 3. The molecule has 0 spiro atoms. The van der Waals surface area contributed by atoms with Crippen molar-refractivity contribution in [2.45, 2.75) is 26.8 Å². The van der Waals surface area contributed by atoms with Crippen molar-refractivity contribution >= 4 is 29.0 Å². The lowest BCUT2D eigenvalue weighted by Crippen LogP contribution is -2.29. The van der Waals surface area contributed by atoms with Crippen LogP contribution in [0.4, 0.5) is 15.8 Å². The molecule has 8 nitrogen and oxygen atoms in total. The van der Waals surface area contributed by atoms with E-state index < -0.39 is 29.5 Å². The van der Waals surface area contributed by atoms with Gasteiger partial charge in [0, 0.05) is 11.6 Å². The van der Waals surface area contributed by atoms with Gasteiger partial charge in [-0.05, 0) is 67.8 Å². The first-order valence-corrected chi connectivity index (χ1v) is 10.4. The molecular formula is C25H21FN4O4. The van der Waals surface area contributed by atoms with E-state index in [1.54, 1.807) is 19.1 Å². The highest BCUT2D eigenvalue weighted by molar-refractivity contribution is 6.18. The molecule has 1 aliphatic heterocycles. The Morgan fingerprint density at radius 3 is 2.53 bits per heavy atom. The fourth-order valence-electron chi connectivity index (χ4n) is 3.55. The van der Waals surface area contributed by atoms with Gasteiger partial charge in [-0.25, -0.2) is 9.18 Å².